The summed E-state index contributed by atoms with van der Waals surface area (Å²) in [6, 6.07) is 16.5. The van der Waals surface area contributed by atoms with E-state index in [2.05, 4.69) is 15.6 Å². The molecule has 0 saturated heterocycles. The van der Waals surface area contributed by atoms with Crippen molar-refractivity contribution < 1.29 is 19.1 Å². The quantitative estimate of drug-likeness (QED) is 0.345. The van der Waals surface area contributed by atoms with Crippen LogP contribution in [0, 0.1) is 0 Å². The molecule has 2 aromatic carbocycles. The van der Waals surface area contributed by atoms with Crippen LogP contribution in [0.1, 0.15) is 28.5 Å². The number of benzene rings is 2. The molecule has 2 N–H and O–H groups in total. The summed E-state index contributed by atoms with van der Waals surface area (Å²) < 4.78 is 5.60. The molecule has 2 amide bonds. The molecule has 0 atom stereocenters. The first-order valence-corrected chi connectivity index (χ1v) is 11.9. The molecule has 0 aliphatic rings. The molecule has 166 valence electrons. The molecule has 0 saturated carbocycles. The Balaban J connectivity index is 1.52. The second kappa shape index (κ2) is 12.0. The van der Waals surface area contributed by atoms with E-state index in [0.717, 1.165) is 5.56 Å². The molecule has 1 aromatic heterocycles. The zero-order valence-corrected chi connectivity index (χ0v) is 19.1. The molecule has 7 nitrogen and oxygen atoms in total. The minimum Gasteiger partial charge on any atom is -0.466 e. The van der Waals surface area contributed by atoms with Crippen LogP contribution in [0.3, 0.4) is 0 Å². The first-order chi connectivity index (χ1) is 15.5. The maximum Gasteiger partial charge on any atom is 0.311 e. The maximum atomic E-state index is 12.6. The number of carbonyl (C=O) groups is 3. The van der Waals surface area contributed by atoms with Crippen LogP contribution in [-0.4, -0.2) is 35.1 Å². The molecule has 0 bridgehead atoms. The number of esters is 1. The van der Waals surface area contributed by atoms with Crippen LogP contribution in [0.25, 0.3) is 0 Å². The van der Waals surface area contributed by atoms with Gasteiger partial charge in [-0.25, -0.2) is 4.98 Å². The Bertz CT molecular complexity index is 1070. The summed E-state index contributed by atoms with van der Waals surface area (Å²) in [5.41, 5.74) is 2.46. The number of nitrogens with one attached hydrogen (secondary N) is 2. The van der Waals surface area contributed by atoms with Gasteiger partial charge in [-0.05, 0) is 24.6 Å². The van der Waals surface area contributed by atoms with Gasteiger partial charge in [0, 0.05) is 11.9 Å². The second-order valence-corrected chi connectivity index (χ2v) is 8.72. The van der Waals surface area contributed by atoms with E-state index in [-0.39, 0.29) is 30.0 Å². The molecule has 0 radical (unpaired) electrons. The lowest BCUT2D eigenvalue weighted by Gasteiger charge is -2.11. The number of thioether (sulfide) groups is 1. The van der Waals surface area contributed by atoms with Gasteiger partial charge in [0.1, 0.15) is 0 Å². The van der Waals surface area contributed by atoms with E-state index in [0.29, 0.717) is 34.4 Å². The number of aromatic nitrogens is 1. The van der Waals surface area contributed by atoms with Crippen molar-refractivity contribution in [1.29, 1.82) is 0 Å². The van der Waals surface area contributed by atoms with Crippen molar-refractivity contribution in [3.05, 3.63) is 76.8 Å². The number of ether oxygens (including phenoxy) is 1. The van der Waals surface area contributed by atoms with Crippen LogP contribution in [-0.2, 0) is 27.3 Å². The molecule has 1 heterocycles. The number of hydrogen-bond acceptors (Lipinski definition) is 7. The molecule has 32 heavy (non-hydrogen) atoms. The molecule has 0 fully saturated rings. The Morgan fingerprint density at radius 1 is 1.06 bits per heavy atom. The predicted octanol–water partition coefficient (Wildman–Crippen LogP) is 3.91. The van der Waals surface area contributed by atoms with Crippen LogP contribution >= 0.6 is 23.1 Å². The van der Waals surface area contributed by atoms with E-state index < -0.39 is 0 Å². The Hall–Kier alpha value is -3.17. The largest absolute Gasteiger partial charge is 0.466 e. The van der Waals surface area contributed by atoms with Crippen molar-refractivity contribution in [2.24, 2.45) is 0 Å². The maximum absolute atomic E-state index is 12.6. The molecule has 0 unspecified atom stereocenters. The number of carbonyl (C=O) groups excluding carboxylic acids is 3. The summed E-state index contributed by atoms with van der Waals surface area (Å²) in [6.45, 7) is 2.48. The topological polar surface area (TPSA) is 97.4 Å². The van der Waals surface area contributed by atoms with Gasteiger partial charge in [-0.15, -0.1) is 11.3 Å². The minimum absolute atomic E-state index is 0.114. The lowest BCUT2D eigenvalue weighted by Crippen LogP contribution is -2.25. The van der Waals surface area contributed by atoms with Crippen LogP contribution < -0.4 is 10.6 Å². The number of rotatable bonds is 10. The smallest absolute Gasteiger partial charge is 0.311 e. The predicted molar refractivity (Wildman–Crippen MR) is 126 cm³/mol. The van der Waals surface area contributed by atoms with Crippen LogP contribution in [0.2, 0.25) is 0 Å². The van der Waals surface area contributed by atoms with E-state index in [1.165, 1.54) is 23.1 Å². The van der Waals surface area contributed by atoms with Crippen LogP contribution in [0.15, 0.2) is 64.3 Å². The molecule has 3 aromatic rings. The van der Waals surface area contributed by atoms with Gasteiger partial charge in [0.2, 0.25) is 5.91 Å². The number of anilines is 1. The second-order valence-electron chi connectivity index (χ2n) is 6.64. The lowest BCUT2D eigenvalue weighted by molar-refractivity contribution is -0.142. The Morgan fingerprint density at radius 2 is 1.81 bits per heavy atom. The Labute approximate surface area is 194 Å². The number of amides is 2. The summed E-state index contributed by atoms with van der Waals surface area (Å²) >= 11 is 2.64. The van der Waals surface area contributed by atoms with Crippen molar-refractivity contribution in [1.82, 2.24) is 10.3 Å². The SMILES string of the molecule is CCOC(=O)Cc1csc(SCC(=O)Nc2ccccc2C(=O)NCc2ccccc2)n1. The zero-order valence-electron chi connectivity index (χ0n) is 17.5. The normalized spacial score (nSPS) is 10.4. The minimum atomic E-state index is -0.325. The standard InChI is InChI=1S/C23H23N3O4S2/c1-2-30-21(28)12-17-14-31-23(25-17)32-15-20(27)26-19-11-7-6-10-18(19)22(29)24-13-16-8-4-3-5-9-16/h3-11,14H,2,12-13,15H2,1H3,(H,24,29)(H,26,27). The first kappa shape index (κ1) is 23.5. The van der Waals surface area contributed by atoms with Crippen molar-refractivity contribution in [3.8, 4) is 0 Å². The third-order valence-corrected chi connectivity index (χ3v) is 6.30. The molecule has 9 heteroatoms. The van der Waals surface area contributed by atoms with E-state index in [1.807, 2.05) is 30.3 Å². The van der Waals surface area contributed by atoms with E-state index in [4.69, 9.17) is 4.74 Å². The Kier molecular flexibility index (Phi) is 8.82. The molecule has 0 spiro atoms. The van der Waals surface area contributed by atoms with E-state index >= 15 is 0 Å². The summed E-state index contributed by atoms with van der Waals surface area (Å²) in [6.07, 6.45) is 0.114. The zero-order chi connectivity index (χ0) is 22.8. The number of nitrogens with zero attached hydrogens (tertiary/aromatic N) is 1. The highest BCUT2D eigenvalue weighted by Gasteiger charge is 2.14. The summed E-state index contributed by atoms with van der Waals surface area (Å²) in [4.78, 5) is 41.0. The van der Waals surface area contributed by atoms with Gasteiger partial charge >= 0.3 is 5.97 Å². The van der Waals surface area contributed by atoms with Gasteiger partial charge in [0.05, 0.1) is 35.7 Å². The molecule has 3 rings (SSSR count). The van der Waals surface area contributed by atoms with Crippen molar-refractivity contribution in [2.75, 3.05) is 17.7 Å². The highest BCUT2D eigenvalue weighted by atomic mass is 32.2. The number of para-hydroxylation sites is 1. The van der Waals surface area contributed by atoms with Gasteiger partial charge < -0.3 is 15.4 Å². The van der Waals surface area contributed by atoms with Crippen molar-refractivity contribution in [3.63, 3.8) is 0 Å². The fraction of sp³-hybridized carbons (Fsp3) is 0.217. The van der Waals surface area contributed by atoms with Crippen LogP contribution in [0.5, 0.6) is 0 Å². The fourth-order valence-corrected chi connectivity index (χ4v) is 4.42. The molecular formula is C23H23N3O4S2. The van der Waals surface area contributed by atoms with E-state index in [9.17, 15) is 14.4 Å². The van der Waals surface area contributed by atoms with Crippen molar-refractivity contribution in [2.45, 2.75) is 24.2 Å². The van der Waals surface area contributed by atoms with Crippen LogP contribution in [0.4, 0.5) is 5.69 Å². The highest BCUT2D eigenvalue weighted by molar-refractivity contribution is 8.01. The summed E-state index contributed by atoms with van der Waals surface area (Å²) in [7, 11) is 0. The van der Waals surface area contributed by atoms with Gasteiger partial charge in [0.25, 0.3) is 5.91 Å². The molecule has 0 aliphatic carbocycles. The number of hydrogen-bond donors (Lipinski definition) is 2. The third kappa shape index (κ3) is 7.21. The summed E-state index contributed by atoms with van der Waals surface area (Å²) in [5.74, 6) is -0.706. The highest BCUT2D eigenvalue weighted by Crippen LogP contribution is 2.24. The molecular weight excluding hydrogens is 446 g/mol. The van der Waals surface area contributed by atoms with Gasteiger partial charge in [-0.2, -0.15) is 0 Å². The molecule has 0 aliphatic heterocycles. The number of thiazole rings is 1. The Morgan fingerprint density at radius 3 is 2.59 bits per heavy atom. The van der Waals surface area contributed by atoms with Crippen molar-refractivity contribution >= 4 is 46.6 Å². The average Bonchev–Trinajstić information content (AvgIpc) is 3.24. The van der Waals surface area contributed by atoms with Gasteiger partial charge in [-0.1, -0.05) is 54.2 Å². The van der Waals surface area contributed by atoms with E-state index in [1.54, 1.807) is 36.6 Å². The van der Waals surface area contributed by atoms with Gasteiger partial charge in [-0.3, -0.25) is 14.4 Å². The third-order valence-electron chi connectivity index (χ3n) is 4.23. The first-order valence-electron chi connectivity index (χ1n) is 9.99. The van der Waals surface area contributed by atoms with Gasteiger partial charge in [0.15, 0.2) is 4.34 Å². The monoisotopic (exact) mass is 469 g/mol. The average molecular weight is 470 g/mol. The lowest BCUT2D eigenvalue weighted by atomic mass is 10.1. The summed E-state index contributed by atoms with van der Waals surface area (Å²) in [5, 5.41) is 7.45. The fourth-order valence-electron chi connectivity index (χ4n) is 2.77.